The summed E-state index contributed by atoms with van der Waals surface area (Å²) in [6, 6.07) is 0. The van der Waals surface area contributed by atoms with Gasteiger partial charge in [0.15, 0.2) is 0 Å². The Hall–Kier alpha value is 0.350. The van der Waals surface area contributed by atoms with Crippen LogP contribution in [0.1, 0.15) is 77.0 Å². The smallest absolute Gasteiger partial charge is 0.0130 e. The van der Waals surface area contributed by atoms with Gasteiger partial charge in [-0.05, 0) is 31.6 Å². The van der Waals surface area contributed by atoms with E-state index in [1.165, 1.54) is 77.0 Å². The van der Waals surface area contributed by atoms with E-state index in [9.17, 15) is 0 Å². The lowest BCUT2D eigenvalue weighted by atomic mass is 9.79. The van der Waals surface area contributed by atoms with E-state index in [4.69, 9.17) is 12.6 Å². The van der Waals surface area contributed by atoms with Crippen molar-refractivity contribution in [1.82, 2.24) is 0 Å². The molecule has 0 aromatic rings. The van der Waals surface area contributed by atoms with Gasteiger partial charge in [0.05, 0.1) is 0 Å². The van der Waals surface area contributed by atoms with Crippen molar-refractivity contribution in [3.8, 4) is 0 Å². The zero-order valence-electron chi connectivity index (χ0n) is 10.0. The molecule has 2 aliphatic carbocycles. The first kappa shape index (κ1) is 11.8. The lowest BCUT2D eigenvalue weighted by molar-refractivity contribution is 0.293. The maximum Gasteiger partial charge on any atom is 0.0130 e. The molecule has 0 nitrogen and oxygen atoms in total. The first-order chi connectivity index (χ1) is 7.29. The van der Waals surface area contributed by atoms with E-state index in [2.05, 4.69) is 0 Å². The molecule has 1 heteroatoms. The summed E-state index contributed by atoms with van der Waals surface area (Å²) in [4.78, 5) is 0. The van der Waals surface area contributed by atoms with Crippen molar-refractivity contribution < 1.29 is 0 Å². The molecule has 0 bridgehead atoms. The number of rotatable bonds is 3. The molecule has 15 heavy (non-hydrogen) atoms. The van der Waals surface area contributed by atoms with Crippen molar-refractivity contribution in [2.45, 2.75) is 81.8 Å². The lowest BCUT2D eigenvalue weighted by Gasteiger charge is -2.34. The first-order valence-electron chi connectivity index (χ1n) is 7.01. The summed E-state index contributed by atoms with van der Waals surface area (Å²) in [6.45, 7) is 0. The van der Waals surface area contributed by atoms with E-state index < -0.39 is 0 Å². The van der Waals surface area contributed by atoms with Crippen LogP contribution >= 0.6 is 12.6 Å². The Balaban J connectivity index is 1.70. The second-order valence-corrected chi connectivity index (χ2v) is 6.78. The summed E-state index contributed by atoms with van der Waals surface area (Å²) in [6.07, 6.45) is 17.4. The van der Waals surface area contributed by atoms with Gasteiger partial charge in [-0.1, -0.05) is 51.4 Å². The summed E-state index contributed by atoms with van der Waals surface area (Å²) in [5.74, 6) is 1.05. The number of thiol groups is 1. The van der Waals surface area contributed by atoms with E-state index in [1.807, 2.05) is 0 Å². The van der Waals surface area contributed by atoms with Gasteiger partial charge >= 0.3 is 0 Å². The summed E-state index contributed by atoms with van der Waals surface area (Å²) in [5, 5.41) is 0. The van der Waals surface area contributed by atoms with Gasteiger partial charge in [-0.15, -0.1) is 0 Å². The third kappa shape index (κ3) is 3.69. The van der Waals surface area contributed by atoms with Gasteiger partial charge in [-0.3, -0.25) is 0 Å². The molecule has 2 rings (SSSR count). The zero-order valence-corrected chi connectivity index (χ0v) is 10.9. The molecular weight excluding hydrogens is 200 g/mol. The van der Waals surface area contributed by atoms with Crippen molar-refractivity contribution >= 4 is 12.6 Å². The molecule has 0 spiro atoms. The van der Waals surface area contributed by atoms with Gasteiger partial charge in [0.25, 0.3) is 0 Å². The van der Waals surface area contributed by atoms with Crippen LogP contribution in [0, 0.1) is 5.92 Å². The fourth-order valence-electron chi connectivity index (χ4n) is 3.41. The largest absolute Gasteiger partial charge is 0.173 e. The third-order valence-electron chi connectivity index (χ3n) is 4.53. The van der Waals surface area contributed by atoms with Gasteiger partial charge < -0.3 is 0 Å². The second-order valence-electron chi connectivity index (χ2n) is 5.83. The second kappa shape index (κ2) is 5.61. The highest BCUT2D eigenvalue weighted by Gasteiger charge is 2.28. The first-order valence-corrected chi connectivity index (χ1v) is 7.46. The Bertz CT molecular complexity index is 176. The van der Waals surface area contributed by atoms with Crippen molar-refractivity contribution in [1.29, 1.82) is 0 Å². The highest BCUT2D eigenvalue weighted by atomic mass is 32.1. The SMILES string of the molecule is SC1(CCC2CCCCC2)CCCCC1. The quantitative estimate of drug-likeness (QED) is 0.645. The molecule has 2 aliphatic rings. The molecule has 0 atom stereocenters. The summed E-state index contributed by atoms with van der Waals surface area (Å²) in [7, 11) is 0. The van der Waals surface area contributed by atoms with Crippen LogP contribution < -0.4 is 0 Å². The van der Waals surface area contributed by atoms with Crippen LogP contribution in [0.25, 0.3) is 0 Å². The number of hydrogen-bond acceptors (Lipinski definition) is 1. The Morgan fingerprint density at radius 1 is 0.867 bits per heavy atom. The molecule has 0 aromatic carbocycles. The van der Waals surface area contributed by atoms with Crippen molar-refractivity contribution in [2.75, 3.05) is 0 Å². The van der Waals surface area contributed by atoms with Crippen LogP contribution in [-0.2, 0) is 0 Å². The highest BCUT2D eigenvalue weighted by molar-refractivity contribution is 7.81. The van der Waals surface area contributed by atoms with Gasteiger partial charge in [-0.2, -0.15) is 12.6 Å². The predicted molar refractivity (Wildman–Crippen MR) is 70.6 cm³/mol. The topological polar surface area (TPSA) is 0 Å². The van der Waals surface area contributed by atoms with E-state index in [1.54, 1.807) is 0 Å². The molecule has 0 unspecified atom stereocenters. The van der Waals surface area contributed by atoms with Crippen LogP contribution in [0.2, 0.25) is 0 Å². The Morgan fingerprint density at radius 2 is 1.47 bits per heavy atom. The van der Waals surface area contributed by atoms with Crippen LogP contribution in [0.3, 0.4) is 0 Å². The average molecular weight is 226 g/mol. The van der Waals surface area contributed by atoms with Crippen LogP contribution in [0.4, 0.5) is 0 Å². The molecule has 0 aromatic heterocycles. The monoisotopic (exact) mass is 226 g/mol. The maximum absolute atomic E-state index is 4.95. The molecule has 0 radical (unpaired) electrons. The van der Waals surface area contributed by atoms with Crippen LogP contribution in [0.15, 0.2) is 0 Å². The molecule has 0 heterocycles. The minimum absolute atomic E-state index is 0.426. The van der Waals surface area contributed by atoms with Gasteiger partial charge in [0.1, 0.15) is 0 Å². The van der Waals surface area contributed by atoms with E-state index in [0.29, 0.717) is 4.75 Å². The fraction of sp³-hybridized carbons (Fsp3) is 1.00. The minimum atomic E-state index is 0.426. The summed E-state index contributed by atoms with van der Waals surface area (Å²) >= 11 is 4.95. The highest BCUT2D eigenvalue weighted by Crippen LogP contribution is 2.40. The van der Waals surface area contributed by atoms with E-state index >= 15 is 0 Å². The molecule has 2 saturated carbocycles. The third-order valence-corrected chi connectivity index (χ3v) is 5.20. The van der Waals surface area contributed by atoms with Gasteiger partial charge in [-0.25, -0.2) is 0 Å². The van der Waals surface area contributed by atoms with Crippen molar-refractivity contribution in [2.24, 2.45) is 5.92 Å². The predicted octanol–water partition coefficient (Wildman–Crippen LogP) is 4.98. The molecule has 0 amide bonds. The van der Waals surface area contributed by atoms with Crippen LogP contribution in [-0.4, -0.2) is 4.75 Å². The zero-order chi connectivity index (χ0) is 10.6. The van der Waals surface area contributed by atoms with E-state index in [0.717, 1.165) is 5.92 Å². The standard InChI is InChI=1S/C14H26S/c15-14(10-5-2-6-11-14)12-9-13-7-3-1-4-8-13/h13,15H,1-12H2. The Labute approximate surface area is 101 Å². The van der Waals surface area contributed by atoms with Crippen molar-refractivity contribution in [3.63, 3.8) is 0 Å². The summed E-state index contributed by atoms with van der Waals surface area (Å²) < 4.78 is 0.426. The Kier molecular flexibility index (Phi) is 4.42. The van der Waals surface area contributed by atoms with Crippen LogP contribution in [0.5, 0.6) is 0 Å². The molecular formula is C14H26S. The maximum atomic E-state index is 4.95. The summed E-state index contributed by atoms with van der Waals surface area (Å²) in [5.41, 5.74) is 0. The van der Waals surface area contributed by atoms with Gasteiger partial charge in [0.2, 0.25) is 0 Å². The molecule has 0 aliphatic heterocycles. The normalized spacial score (nSPS) is 27.8. The minimum Gasteiger partial charge on any atom is -0.173 e. The number of hydrogen-bond donors (Lipinski definition) is 1. The van der Waals surface area contributed by atoms with Gasteiger partial charge in [0, 0.05) is 4.75 Å². The molecule has 88 valence electrons. The van der Waals surface area contributed by atoms with Crippen molar-refractivity contribution in [3.05, 3.63) is 0 Å². The lowest BCUT2D eigenvalue weighted by Crippen LogP contribution is -2.26. The Morgan fingerprint density at radius 3 is 2.13 bits per heavy atom. The molecule has 2 fully saturated rings. The average Bonchev–Trinajstić information content (AvgIpc) is 2.29. The van der Waals surface area contributed by atoms with E-state index in [-0.39, 0.29) is 0 Å². The molecule has 0 N–H and O–H groups in total. The molecule has 0 saturated heterocycles. The fourth-order valence-corrected chi connectivity index (χ4v) is 3.85.